The molecule has 2 atom stereocenters. The number of nitrogens with zero attached hydrogens (tertiary/aromatic N) is 1. The lowest BCUT2D eigenvalue weighted by Crippen LogP contribution is -2.27. The molecule has 28 heavy (non-hydrogen) atoms. The summed E-state index contributed by atoms with van der Waals surface area (Å²) in [5.41, 5.74) is 0.421. The van der Waals surface area contributed by atoms with Crippen LogP contribution in [-0.4, -0.2) is 47.0 Å². The number of ketones is 1. The fourth-order valence-electron chi connectivity index (χ4n) is 2.20. The van der Waals surface area contributed by atoms with Crippen molar-refractivity contribution in [1.82, 2.24) is 5.16 Å². The molecule has 2 rings (SSSR count). The van der Waals surface area contributed by atoms with Gasteiger partial charge in [0.15, 0.2) is 11.9 Å². The van der Waals surface area contributed by atoms with Gasteiger partial charge in [0.2, 0.25) is 11.7 Å². The molecule has 0 fully saturated rings. The first-order chi connectivity index (χ1) is 13.3. The Labute approximate surface area is 166 Å². The van der Waals surface area contributed by atoms with Gasteiger partial charge in [-0.25, -0.2) is 0 Å². The van der Waals surface area contributed by atoms with Crippen molar-refractivity contribution in [3.8, 4) is 5.75 Å². The smallest absolute Gasteiger partial charge is 0.316 e. The minimum atomic E-state index is -0.927. The molecule has 0 spiro atoms. The third kappa shape index (κ3) is 6.12. The van der Waals surface area contributed by atoms with Gasteiger partial charge >= 0.3 is 5.97 Å². The molecule has 0 radical (unpaired) electrons. The predicted molar refractivity (Wildman–Crippen MR) is 105 cm³/mol. The van der Waals surface area contributed by atoms with E-state index in [1.807, 2.05) is 0 Å². The van der Waals surface area contributed by atoms with Crippen LogP contribution in [0.2, 0.25) is 0 Å². The normalized spacial score (nSPS) is 12.7. The zero-order chi connectivity index (χ0) is 20.7. The van der Waals surface area contributed by atoms with Crippen LogP contribution in [0.25, 0.3) is 0 Å². The van der Waals surface area contributed by atoms with Crippen LogP contribution in [0.1, 0.15) is 30.0 Å². The second-order valence-electron chi connectivity index (χ2n) is 5.99. The Morgan fingerprint density at radius 1 is 1.21 bits per heavy atom. The number of hydrogen-bond donors (Lipinski definition) is 1. The molecule has 8 nitrogen and oxygen atoms in total. The number of aryl methyl sites for hydroxylation is 1. The average Bonchev–Trinajstić information content (AvgIpc) is 3.10. The molecule has 1 heterocycles. The van der Waals surface area contributed by atoms with Crippen molar-refractivity contribution in [3.63, 3.8) is 0 Å². The summed E-state index contributed by atoms with van der Waals surface area (Å²) in [5.74, 6) is 0.265. The highest BCUT2D eigenvalue weighted by atomic mass is 32.2. The summed E-state index contributed by atoms with van der Waals surface area (Å²) in [4.78, 5) is 36.4. The van der Waals surface area contributed by atoms with E-state index in [4.69, 9.17) is 14.0 Å². The number of hydrogen-bond acceptors (Lipinski definition) is 8. The Balaban J connectivity index is 1.78. The number of ether oxygens (including phenoxy) is 2. The minimum absolute atomic E-state index is 0.0628. The van der Waals surface area contributed by atoms with E-state index in [2.05, 4.69) is 10.5 Å². The van der Waals surface area contributed by atoms with Crippen molar-refractivity contribution < 1.29 is 28.4 Å². The second kappa shape index (κ2) is 9.93. The zero-order valence-electron chi connectivity index (χ0n) is 16.1. The molecular formula is C19H22N2O6S. The summed E-state index contributed by atoms with van der Waals surface area (Å²) >= 11 is 1.10. The summed E-state index contributed by atoms with van der Waals surface area (Å²) in [6.07, 6.45) is -0.927. The Kier molecular flexibility index (Phi) is 7.62. The molecule has 1 amide bonds. The number of amides is 1. The van der Waals surface area contributed by atoms with E-state index in [1.165, 1.54) is 14.0 Å². The van der Waals surface area contributed by atoms with Crippen LogP contribution in [0.3, 0.4) is 0 Å². The Bertz CT molecular complexity index is 833. The van der Waals surface area contributed by atoms with Gasteiger partial charge in [0.05, 0.1) is 18.1 Å². The highest BCUT2D eigenvalue weighted by molar-refractivity contribution is 8.01. The molecule has 0 saturated heterocycles. The standard InChI is InChI=1S/C19H22N2O6S/c1-11-9-16(21-27-11)20-19(24)13(3)28-10-17(22)26-12(2)18(23)14-5-7-15(25-4)8-6-14/h5-9,12-13H,10H2,1-4H3,(H,20,21,24)/t12-,13+/m0/s1. The maximum atomic E-state index is 12.3. The molecule has 0 saturated carbocycles. The van der Waals surface area contributed by atoms with Crippen LogP contribution in [0.15, 0.2) is 34.9 Å². The van der Waals surface area contributed by atoms with E-state index in [9.17, 15) is 14.4 Å². The van der Waals surface area contributed by atoms with Gasteiger partial charge in [0.1, 0.15) is 11.5 Å². The number of carbonyl (C=O) groups excluding carboxylic acids is 3. The summed E-state index contributed by atoms with van der Waals surface area (Å²) in [7, 11) is 1.53. The Morgan fingerprint density at radius 3 is 2.46 bits per heavy atom. The van der Waals surface area contributed by atoms with Gasteiger partial charge in [-0.2, -0.15) is 0 Å². The topological polar surface area (TPSA) is 108 Å². The van der Waals surface area contributed by atoms with Crippen molar-refractivity contribution in [3.05, 3.63) is 41.7 Å². The van der Waals surface area contributed by atoms with Gasteiger partial charge < -0.3 is 19.3 Å². The lowest BCUT2D eigenvalue weighted by atomic mass is 10.1. The van der Waals surface area contributed by atoms with Crippen LogP contribution in [-0.2, 0) is 14.3 Å². The number of Topliss-reactive ketones (excluding diaryl/α,β-unsaturated/α-hetero) is 1. The lowest BCUT2D eigenvalue weighted by molar-refractivity contribution is -0.143. The number of anilines is 1. The number of thioether (sulfide) groups is 1. The fourth-order valence-corrected chi connectivity index (χ4v) is 2.86. The zero-order valence-corrected chi connectivity index (χ0v) is 16.9. The van der Waals surface area contributed by atoms with Gasteiger partial charge in [-0.1, -0.05) is 5.16 Å². The van der Waals surface area contributed by atoms with E-state index in [0.29, 0.717) is 22.9 Å². The molecule has 2 aromatic rings. The Hall–Kier alpha value is -2.81. The number of methoxy groups -OCH3 is 1. The van der Waals surface area contributed by atoms with Crippen LogP contribution >= 0.6 is 11.8 Å². The quantitative estimate of drug-likeness (QED) is 0.500. The number of aromatic nitrogens is 1. The molecule has 1 N–H and O–H groups in total. The van der Waals surface area contributed by atoms with Crippen molar-refractivity contribution >= 4 is 35.2 Å². The number of esters is 1. The molecule has 0 aliphatic carbocycles. The van der Waals surface area contributed by atoms with Crippen molar-refractivity contribution in [2.24, 2.45) is 0 Å². The third-order valence-electron chi connectivity index (χ3n) is 3.75. The number of carbonyl (C=O) groups is 3. The van der Waals surface area contributed by atoms with Crippen molar-refractivity contribution in [1.29, 1.82) is 0 Å². The second-order valence-corrected chi connectivity index (χ2v) is 7.32. The minimum Gasteiger partial charge on any atom is -0.497 e. The van der Waals surface area contributed by atoms with E-state index in [-0.39, 0.29) is 17.4 Å². The van der Waals surface area contributed by atoms with E-state index < -0.39 is 17.3 Å². The first-order valence-electron chi connectivity index (χ1n) is 8.53. The molecule has 0 aliphatic rings. The number of rotatable bonds is 9. The van der Waals surface area contributed by atoms with Gasteiger partial charge in [-0.05, 0) is 45.0 Å². The van der Waals surface area contributed by atoms with Crippen LogP contribution in [0.4, 0.5) is 5.82 Å². The predicted octanol–water partition coefficient (Wildman–Crippen LogP) is 2.87. The van der Waals surface area contributed by atoms with E-state index in [1.54, 1.807) is 44.2 Å². The summed E-state index contributed by atoms with van der Waals surface area (Å²) in [5, 5.41) is 5.76. The molecule has 1 aromatic heterocycles. The Morgan fingerprint density at radius 2 is 1.89 bits per heavy atom. The molecule has 0 bridgehead atoms. The summed E-state index contributed by atoms with van der Waals surface area (Å²) < 4.78 is 15.1. The molecule has 0 aliphatic heterocycles. The van der Waals surface area contributed by atoms with Crippen LogP contribution in [0.5, 0.6) is 5.75 Å². The van der Waals surface area contributed by atoms with Crippen molar-refractivity contribution in [2.45, 2.75) is 32.1 Å². The SMILES string of the molecule is COc1ccc(C(=O)[C@H](C)OC(=O)CS[C@H](C)C(=O)Nc2cc(C)on2)cc1. The van der Waals surface area contributed by atoms with E-state index >= 15 is 0 Å². The van der Waals surface area contributed by atoms with Gasteiger partial charge in [0, 0.05) is 11.6 Å². The van der Waals surface area contributed by atoms with Crippen LogP contribution < -0.4 is 10.1 Å². The largest absolute Gasteiger partial charge is 0.497 e. The highest BCUT2D eigenvalue weighted by Gasteiger charge is 2.22. The number of benzene rings is 1. The maximum Gasteiger partial charge on any atom is 0.316 e. The third-order valence-corrected chi connectivity index (χ3v) is 4.87. The van der Waals surface area contributed by atoms with Gasteiger partial charge in [0.25, 0.3) is 0 Å². The fraction of sp³-hybridized carbons (Fsp3) is 0.368. The van der Waals surface area contributed by atoms with Crippen LogP contribution in [0, 0.1) is 6.92 Å². The van der Waals surface area contributed by atoms with Gasteiger partial charge in [-0.3, -0.25) is 14.4 Å². The summed E-state index contributed by atoms with van der Waals surface area (Å²) in [6.45, 7) is 4.88. The molecule has 1 aromatic carbocycles. The first kappa shape index (κ1) is 21.5. The summed E-state index contributed by atoms with van der Waals surface area (Å²) in [6, 6.07) is 8.13. The molecular weight excluding hydrogens is 384 g/mol. The highest BCUT2D eigenvalue weighted by Crippen LogP contribution is 2.16. The van der Waals surface area contributed by atoms with E-state index in [0.717, 1.165) is 11.8 Å². The number of nitrogens with one attached hydrogen (secondary N) is 1. The molecule has 150 valence electrons. The lowest BCUT2D eigenvalue weighted by Gasteiger charge is -2.14. The average molecular weight is 406 g/mol. The molecule has 0 unspecified atom stereocenters. The van der Waals surface area contributed by atoms with Crippen molar-refractivity contribution in [2.75, 3.05) is 18.2 Å². The molecule has 9 heteroatoms. The maximum absolute atomic E-state index is 12.3. The van der Waals surface area contributed by atoms with Gasteiger partial charge in [-0.15, -0.1) is 11.8 Å². The first-order valence-corrected chi connectivity index (χ1v) is 9.58. The monoisotopic (exact) mass is 406 g/mol.